The van der Waals surface area contributed by atoms with Crippen LogP contribution in [0.2, 0.25) is 0 Å². The number of hydrogen-bond acceptors (Lipinski definition) is 4. The average Bonchev–Trinajstić information content (AvgIpc) is 3.26. The van der Waals surface area contributed by atoms with E-state index in [-0.39, 0.29) is 30.2 Å². The maximum atomic E-state index is 13.5. The van der Waals surface area contributed by atoms with Gasteiger partial charge >= 0.3 is 6.18 Å². The summed E-state index contributed by atoms with van der Waals surface area (Å²) in [7, 11) is 0. The molecule has 0 saturated carbocycles. The number of anilines is 2. The van der Waals surface area contributed by atoms with Crippen LogP contribution in [-0.2, 0) is 17.5 Å². The minimum atomic E-state index is -4.69. The maximum absolute atomic E-state index is 13.5. The lowest BCUT2D eigenvalue weighted by Crippen LogP contribution is -2.30. The fraction of sp³-hybridized carbons (Fsp3) is 0.182. The van der Waals surface area contributed by atoms with Gasteiger partial charge in [0.25, 0.3) is 5.91 Å². The summed E-state index contributed by atoms with van der Waals surface area (Å²) >= 11 is 0. The van der Waals surface area contributed by atoms with Gasteiger partial charge in [-0.3, -0.25) is 9.59 Å². The number of carbonyl (C=O) groups is 2. The van der Waals surface area contributed by atoms with E-state index >= 15 is 0 Å². The van der Waals surface area contributed by atoms with Gasteiger partial charge in [0.05, 0.1) is 18.4 Å². The third-order valence-corrected chi connectivity index (χ3v) is 4.34. The van der Waals surface area contributed by atoms with Crippen LogP contribution >= 0.6 is 0 Å². The Kier molecular flexibility index (Phi) is 6.64. The molecule has 6 nitrogen and oxygen atoms in total. The van der Waals surface area contributed by atoms with Crippen LogP contribution in [-0.4, -0.2) is 18.4 Å². The number of amides is 2. The minimum absolute atomic E-state index is 0.0268. The van der Waals surface area contributed by atoms with E-state index in [0.717, 1.165) is 23.3 Å². The minimum Gasteiger partial charge on any atom is -0.459 e. The predicted octanol–water partition coefficient (Wildman–Crippen LogP) is 4.59. The van der Waals surface area contributed by atoms with E-state index in [2.05, 4.69) is 16.0 Å². The zero-order valence-corrected chi connectivity index (χ0v) is 16.5. The molecule has 9 heteroatoms. The zero-order chi connectivity index (χ0) is 22.4. The predicted molar refractivity (Wildman–Crippen MR) is 110 cm³/mol. The molecule has 0 radical (unpaired) electrons. The van der Waals surface area contributed by atoms with Crippen LogP contribution in [0.5, 0.6) is 0 Å². The molecule has 0 spiro atoms. The largest absolute Gasteiger partial charge is 0.459 e. The number of halogens is 3. The molecule has 1 heterocycles. The fourth-order valence-corrected chi connectivity index (χ4v) is 2.87. The Balaban J connectivity index is 1.64. The number of carbonyl (C=O) groups excluding carboxylic acids is 2. The Hall–Kier alpha value is -3.75. The van der Waals surface area contributed by atoms with Gasteiger partial charge in [0.15, 0.2) is 5.76 Å². The fourth-order valence-electron chi connectivity index (χ4n) is 2.87. The van der Waals surface area contributed by atoms with Crippen LogP contribution < -0.4 is 16.0 Å². The summed E-state index contributed by atoms with van der Waals surface area (Å²) in [6.07, 6.45) is -3.40. The highest BCUT2D eigenvalue weighted by Crippen LogP contribution is 2.36. The summed E-state index contributed by atoms with van der Waals surface area (Å²) in [6.45, 7) is 1.85. The van der Waals surface area contributed by atoms with E-state index in [1.165, 1.54) is 24.5 Å². The SMILES string of the molecule is Cc1cccc(CNC(=O)CNc2ccc(NC(=O)c3ccco3)cc2C(F)(F)F)c1. The second-order valence-corrected chi connectivity index (χ2v) is 6.81. The summed E-state index contributed by atoms with van der Waals surface area (Å²) in [4.78, 5) is 24.0. The first-order chi connectivity index (χ1) is 14.7. The molecule has 2 aromatic carbocycles. The van der Waals surface area contributed by atoms with E-state index in [9.17, 15) is 22.8 Å². The van der Waals surface area contributed by atoms with Crippen molar-refractivity contribution in [3.63, 3.8) is 0 Å². The lowest BCUT2D eigenvalue weighted by molar-refractivity contribution is -0.137. The number of rotatable bonds is 7. The molecule has 3 N–H and O–H groups in total. The summed E-state index contributed by atoms with van der Waals surface area (Å²) in [6, 6.07) is 13.7. The van der Waals surface area contributed by atoms with Gasteiger partial charge in [-0.1, -0.05) is 29.8 Å². The first-order valence-electron chi connectivity index (χ1n) is 9.34. The van der Waals surface area contributed by atoms with Crippen molar-refractivity contribution in [2.24, 2.45) is 0 Å². The smallest absolute Gasteiger partial charge is 0.418 e. The number of alkyl halides is 3. The lowest BCUT2D eigenvalue weighted by atomic mass is 10.1. The van der Waals surface area contributed by atoms with Crippen molar-refractivity contribution >= 4 is 23.2 Å². The van der Waals surface area contributed by atoms with Gasteiger partial charge in [-0.05, 0) is 42.8 Å². The van der Waals surface area contributed by atoms with Gasteiger partial charge in [-0.25, -0.2) is 0 Å². The lowest BCUT2D eigenvalue weighted by Gasteiger charge is -2.16. The molecule has 0 fully saturated rings. The Morgan fingerprint density at radius 3 is 2.52 bits per heavy atom. The van der Waals surface area contributed by atoms with Crippen LogP contribution in [0.1, 0.15) is 27.2 Å². The molecule has 0 aliphatic carbocycles. The van der Waals surface area contributed by atoms with E-state index in [4.69, 9.17) is 4.42 Å². The van der Waals surface area contributed by atoms with Gasteiger partial charge in [0.2, 0.25) is 5.91 Å². The molecule has 0 saturated heterocycles. The highest BCUT2D eigenvalue weighted by molar-refractivity contribution is 6.02. The molecule has 0 atom stereocenters. The van der Waals surface area contributed by atoms with Gasteiger partial charge in [0, 0.05) is 17.9 Å². The molecule has 0 unspecified atom stereocenters. The van der Waals surface area contributed by atoms with Crippen LogP contribution in [0.25, 0.3) is 0 Å². The number of benzene rings is 2. The Labute approximate surface area is 176 Å². The van der Waals surface area contributed by atoms with Crippen molar-refractivity contribution < 1.29 is 27.2 Å². The third kappa shape index (κ3) is 6.11. The average molecular weight is 431 g/mol. The Bertz CT molecular complexity index is 1060. The topological polar surface area (TPSA) is 83.4 Å². The quantitative estimate of drug-likeness (QED) is 0.511. The van der Waals surface area contributed by atoms with Crippen molar-refractivity contribution in [1.82, 2.24) is 5.32 Å². The van der Waals surface area contributed by atoms with E-state index in [1.54, 1.807) is 0 Å². The van der Waals surface area contributed by atoms with Crippen LogP contribution in [0.3, 0.4) is 0 Å². The normalized spacial score (nSPS) is 11.1. The molecule has 0 aliphatic heterocycles. The van der Waals surface area contributed by atoms with Crippen molar-refractivity contribution in [1.29, 1.82) is 0 Å². The molecule has 2 amide bonds. The maximum Gasteiger partial charge on any atom is 0.418 e. The van der Waals surface area contributed by atoms with Gasteiger partial charge < -0.3 is 20.4 Å². The molecule has 31 heavy (non-hydrogen) atoms. The van der Waals surface area contributed by atoms with Crippen LogP contribution in [0, 0.1) is 6.92 Å². The highest BCUT2D eigenvalue weighted by Gasteiger charge is 2.34. The van der Waals surface area contributed by atoms with Gasteiger partial charge in [-0.2, -0.15) is 13.2 Å². The Morgan fingerprint density at radius 2 is 1.84 bits per heavy atom. The van der Waals surface area contributed by atoms with Crippen molar-refractivity contribution in [2.45, 2.75) is 19.6 Å². The molecular formula is C22H20F3N3O3. The Morgan fingerprint density at radius 1 is 1.03 bits per heavy atom. The third-order valence-electron chi connectivity index (χ3n) is 4.34. The van der Waals surface area contributed by atoms with Crippen molar-refractivity contribution in [3.05, 3.63) is 83.3 Å². The molecular weight excluding hydrogens is 411 g/mol. The first kappa shape index (κ1) is 21.9. The monoisotopic (exact) mass is 431 g/mol. The van der Waals surface area contributed by atoms with Crippen molar-refractivity contribution in [3.8, 4) is 0 Å². The number of furan rings is 1. The molecule has 162 valence electrons. The molecule has 1 aromatic heterocycles. The van der Waals surface area contributed by atoms with E-state index in [0.29, 0.717) is 0 Å². The highest BCUT2D eigenvalue weighted by atomic mass is 19.4. The molecule has 0 bridgehead atoms. The number of nitrogens with one attached hydrogen (secondary N) is 3. The number of aryl methyl sites for hydroxylation is 1. The molecule has 3 rings (SSSR count). The summed E-state index contributed by atoms with van der Waals surface area (Å²) in [5.41, 5.74) is 0.605. The van der Waals surface area contributed by atoms with Crippen LogP contribution in [0.15, 0.2) is 65.3 Å². The summed E-state index contributed by atoms with van der Waals surface area (Å²) < 4.78 is 45.4. The van der Waals surface area contributed by atoms with Gasteiger partial charge in [-0.15, -0.1) is 0 Å². The van der Waals surface area contributed by atoms with Crippen LogP contribution in [0.4, 0.5) is 24.5 Å². The second-order valence-electron chi connectivity index (χ2n) is 6.81. The van der Waals surface area contributed by atoms with E-state index in [1.807, 2.05) is 31.2 Å². The number of hydrogen-bond donors (Lipinski definition) is 3. The van der Waals surface area contributed by atoms with Gasteiger partial charge in [0.1, 0.15) is 0 Å². The molecule has 3 aromatic rings. The van der Waals surface area contributed by atoms with Crippen molar-refractivity contribution in [2.75, 3.05) is 17.2 Å². The standard InChI is InChI=1S/C22H20F3N3O3/c1-14-4-2-5-15(10-14)12-27-20(29)13-26-18-8-7-16(11-17(18)22(23,24)25)28-21(30)19-6-3-9-31-19/h2-11,26H,12-13H2,1H3,(H,27,29)(H,28,30). The summed E-state index contributed by atoms with van der Waals surface area (Å²) in [5.74, 6) is -1.15. The van der Waals surface area contributed by atoms with E-state index < -0.39 is 23.6 Å². The zero-order valence-electron chi connectivity index (χ0n) is 16.5. The molecule has 0 aliphatic rings. The second kappa shape index (κ2) is 9.38. The first-order valence-corrected chi connectivity index (χ1v) is 9.34. The summed E-state index contributed by atoms with van der Waals surface area (Å²) in [5, 5.41) is 7.52.